The quantitative estimate of drug-likeness (QED) is 0.491. The fourth-order valence-electron chi connectivity index (χ4n) is 4.78. The number of carbonyl (C=O) groups is 2. The molecule has 0 unspecified atom stereocenters. The molecule has 2 amide bonds. The molecule has 2 aliphatic rings. The number of quaternary nitrogens is 1. The molecule has 36 heavy (non-hydrogen) atoms. The molecule has 0 aliphatic carbocycles. The maximum atomic E-state index is 13.0. The number of piperidine rings is 1. The first-order valence-corrected chi connectivity index (χ1v) is 13.4. The number of likely N-dealkylation sites (N-methyl/N-ethyl adjacent to an activating group) is 1. The smallest absolute Gasteiger partial charge is 0.264 e. The molecule has 7 heteroatoms. The molecule has 5 rings (SSSR count). The lowest BCUT2D eigenvalue weighted by atomic mass is 10.0. The SMILES string of the molecule is CN1C(=O)C(=Cc2cccc(Cl)c2)Sc2ccc(C(=O)NC3CC[NH+](Cc4ccccc4)CC3)cc21. The Hall–Kier alpha value is -3.06. The molecular formula is C29H29ClN3O2S+. The van der Waals surface area contributed by atoms with Gasteiger partial charge in [-0.05, 0) is 42.0 Å². The largest absolute Gasteiger partial charge is 0.349 e. The molecular weight excluding hydrogens is 490 g/mol. The Bertz CT molecular complexity index is 1300. The molecule has 2 aliphatic heterocycles. The second-order valence-electron chi connectivity index (χ2n) is 9.37. The Morgan fingerprint density at radius 2 is 1.86 bits per heavy atom. The number of hydrogen-bond donors (Lipinski definition) is 2. The lowest BCUT2D eigenvalue weighted by Crippen LogP contribution is -3.12. The van der Waals surface area contributed by atoms with Gasteiger partial charge in [0.2, 0.25) is 0 Å². The van der Waals surface area contributed by atoms with Gasteiger partial charge in [0.05, 0.1) is 23.7 Å². The third kappa shape index (κ3) is 5.67. The third-order valence-corrected chi connectivity index (χ3v) is 8.10. The number of nitrogens with one attached hydrogen (secondary N) is 2. The van der Waals surface area contributed by atoms with Crippen LogP contribution in [0.4, 0.5) is 5.69 Å². The van der Waals surface area contributed by atoms with Gasteiger partial charge >= 0.3 is 0 Å². The molecule has 184 valence electrons. The van der Waals surface area contributed by atoms with Gasteiger partial charge in [-0.1, -0.05) is 65.8 Å². The van der Waals surface area contributed by atoms with E-state index < -0.39 is 0 Å². The van der Waals surface area contributed by atoms with E-state index in [9.17, 15) is 9.59 Å². The number of fused-ring (bicyclic) bond motifs is 1. The van der Waals surface area contributed by atoms with E-state index in [4.69, 9.17) is 11.6 Å². The highest BCUT2D eigenvalue weighted by atomic mass is 35.5. The molecule has 1 saturated heterocycles. The van der Waals surface area contributed by atoms with Gasteiger partial charge in [0.1, 0.15) is 6.54 Å². The van der Waals surface area contributed by atoms with Crippen molar-refractivity contribution in [3.8, 4) is 0 Å². The van der Waals surface area contributed by atoms with Crippen molar-refractivity contribution < 1.29 is 14.5 Å². The standard InChI is InChI=1S/C29H28ClN3O2S/c1-32-25-18-22(10-11-26(25)36-27(29(32)35)17-21-8-5-9-23(30)16-21)28(34)31-24-12-14-33(15-13-24)19-20-6-3-2-4-7-20/h2-11,16-18,24H,12-15,19H2,1H3,(H,31,34)/p+1. The summed E-state index contributed by atoms with van der Waals surface area (Å²) < 4.78 is 0. The van der Waals surface area contributed by atoms with Gasteiger partial charge in [0.25, 0.3) is 11.8 Å². The van der Waals surface area contributed by atoms with Crippen LogP contribution in [0.5, 0.6) is 0 Å². The molecule has 0 spiro atoms. The molecule has 1 fully saturated rings. The Balaban J connectivity index is 1.22. The van der Waals surface area contributed by atoms with Crippen molar-refractivity contribution in [1.82, 2.24) is 5.32 Å². The van der Waals surface area contributed by atoms with Gasteiger partial charge in [-0.3, -0.25) is 9.59 Å². The summed E-state index contributed by atoms with van der Waals surface area (Å²) in [7, 11) is 1.75. The summed E-state index contributed by atoms with van der Waals surface area (Å²) in [6.07, 6.45) is 3.78. The summed E-state index contributed by atoms with van der Waals surface area (Å²) in [5, 5.41) is 3.84. The summed E-state index contributed by atoms with van der Waals surface area (Å²) in [6.45, 7) is 3.11. The van der Waals surface area contributed by atoms with E-state index in [1.165, 1.54) is 17.3 Å². The Kier molecular flexibility index (Phi) is 7.46. The van der Waals surface area contributed by atoms with Crippen LogP contribution in [0, 0.1) is 0 Å². The number of thioether (sulfide) groups is 1. The average molecular weight is 519 g/mol. The van der Waals surface area contributed by atoms with Crippen molar-refractivity contribution in [2.75, 3.05) is 25.0 Å². The number of nitrogens with zero attached hydrogens (tertiary/aromatic N) is 1. The van der Waals surface area contributed by atoms with Crippen molar-refractivity contribution in [3.63, 3.8) is 0 Å². The van der Waals surface area contributed by atoms with E-state index in [2.05, 4.69) is 29.6 Å². The van der Waals surface area contributed by atoms with Gasteiger partial charge in [-0.15, -0.1) is 0 Å². The highest BCUT2D eigenvalue weighted by molar-refractivity contribution is 8.04. The number of carbonyl (C=O) groups excluding carboxylic acids is 2. The number of likely N-dealkylation sites (tertiary alicyclic amines) is 1. The molecule has 2 N–H and O–H groups in total. The fourth-order valence-corrected chi connectivity index (χ4v) is 6.07. The topological polar surface area (TPSA) is 53.9 Å². The van der Waals surface area contributed by atoms with Crippen LogP contribution in [-0.4, -0.2) is 38.0 Å². The lowest BCUT2D eigenvalue weighted by molar-refractivity contribution is -0.918. The second kappa shape index (κ2) is 10.9. The minimum absolute atomic E-state index is 0.0829. The van der Waals surface area contributed by atoms with E-state index in [0.29, 0.717) is 15.5 Å². The van der Waals surface area contributed by atoms with Crippen LogP contribution in [0.15, 0.2) is 82.6 Å². The molecule has 3 aromatic rings. The van der Waals surface area contributed by atoms with Crippen molar-refractivity contribution in [1.29, 1.82) is 0 Å². The molecule has 2 heterocycles. The molecule has 0 saturated carbocycles. The highest BCUT2D eigenvalue weighted by Crippen LogP contribution is 2.42. The van der Waals surface area contributed by atoms with E-state index in [0.717, 1.165) is 48.6 Å². The summed E-state index contributed by atoms with van der Waals surface area (Å²) in [6, 6.07) is 23.8. The molecule has 0 bridgehead atoms. The average Bonchev–Trinajstić information content (AvgIpc) is 2.89. The monoisotopic (exact) mass is 518 g/mol. The minimum Gasteiger partial charge on any atom is -0.349 e. The highest BCUT2D eigenvalue weighted by Gasteiger charge is 2.28. The van der Waals surface area contributed by atoms with Crippen LogP contribution in [0.3, 0.4) is 0 Å². The third-order valence-electron chi connectivity index (χ3n) is 6.79. The van der Waals surface area contributed by atoms with Gasteiger partial charge in [0, 0.05) is 47.0 Å². The van der Waals surface area contributed by atoms with E-state index in [1.54, 1.807) is 16.8 Å². The van der Waals surface area contributed by atoms with Crippen LogP contribution in [0.25, 0.3) is 6.08 Å². The Labute approximate surface area is 221 Å². The maximum Gasteiger partial charge on any atom is 0.264 e. The van der Waals surface area contributed by atoms with Crippen molar-refractivity contribution in [3.05, 3.63) is 99.4 Å². The molecule has 0 radical (unpaired) electrons. The minimum atomic E-state index is -0.0983. The van der Waals surface area contributed by atoms with E-state index in [1.807, 2.05) is 54.6 Å². The predicted octanol–water partition coefficient (Wildman–Crippen LogP) is 4.43. The lowest BCUT2D eigenvalue weighted by Gasteiger charge is -2.30. The molecule has 3 aromatic carbocycles. The zero-order valence-electron chi connectivity index (χ0n) is 20.2. The van der Waals surface area contributed by atoms with E-state index >= 15 is 0 Å². The number of amides is 2. The van der Waals surface area contributed by atoms with Crippen LogP contribution in [0.1, 0.15) is 34.3 Å². The van der Waals surface area contributed by atoms with Crippen molar-refractivity contribution >= 4 is 46.9 Å². The molecule has 0 atom stereocenters. The number of rotatable bonds is 5. The van der Waals surface area contributed by atoms with Crippen LogP contribution in [0.2, 0.25) is 5.02 Å². The fraction of sp³-hybridized carbons (Fsp3) is 0.241. The summed E-state index contributed by atoms with van der Waals surface area (Å²) in [5.41, 5.74) is 3.56. The Morgan fingerprint density at radius 3 is 2.61 bits per heavy atom. The van der Waals surface area contributed by atoms with Crippen molar-refractivity contribution in [2.45, 2.75) is 30.3 Å². The molecule has 5 nitrogen and oxygen atoms in total. The molecule has 0 aromatic heterocycles. The van der Waals surface area contributed by atoms with Gasteiger partial charge in [0.15, 0.2) is 0 Å². The zero-order valence-corrected chi connectivity index (χ0v) is 21.7. The van der Waals surface area contributed by atoms with Gasteiger partial charge in [-0.2, -0.15) is 0 Å². The van der Waals surface area contributed by atoms with Gasteiger partial charge in [-0.25, -0.2) is 0 Å². The number of benzene rings is 3. The van der Waals surface area contributed by atoms with Crippen LogP contribution in [-0.2, 0) is 11.3 Å². The summed E-state index contributed by atoms with van der Waals surface area (Å²) >= 11 is 7.51. The van der Waals surface area contributed by atoms with Crippen LogP contribution < -0.4 is 15.1 Å². The first kappa shape index (κ1) is 24.6. The summed E-state index contributed by atoms with van der Waals surface area (Å²) in [5.74, 6) is -0.181. The number of halogens is 1. The first-order valence-electron chi connectivity index (χ1n) is 12.2. The number of anilines is 1. The zero-order chi connectivity index (χ0) is 25.1. The first-order chi connectivity index (χ1) is 17.5. The number of hydrogen-bond acceptors (Lipinski definition) is 3. The maximum absolute atomic E-state index is 13.0. The van der Waals surface area contributed by atoms with Gasteiger partial charge < -0.3 is 15.1 Å². The predicted molar refractivity (Wildman–Crippen MR) is 146 cm³/mol. The normalized spacial score (nSPS) is 20.8. The second-order valence-corrected chi connectivity index (χ2v) is 10.9. The Morgan fingerprint density at radius 1 is 1.08 bits per heavy atom. The van der Waals surface area contributed by atoms with E-state index in [-0.39, 0.29) is 17.9 Å². The van der Waals surface area contributed by atoms with Crippen LogP contribution >= 0.6 is 23.4 Å². The summed E-state index contributed by atoms with van der Waals surface area (Å²) in [4.78, 5) is 30.8. The van der Waals surface area contributed by atoms with Crippen molar-refractivity contribution in [2.24, 2.45) is 0 Å².